The number of amides is 1. The number of aromatic nitrogens is 1. The molecule has 43 heavy (non-hydrogen) atoms. The quantitative estimate of drug-likeness (QED) is 0.0791. The molecule has 0 spiro atoms. The number of Topliss-reactive ketones (excluding diaryl/α,β-unsaturated/α-hetero) is 1. The second kappa shape index (κ2) is 12.3. The van der Waals surface area contributed by atoms with Crippen molar-refractivity contribution in [3.05, 3.63) is 124 Å². The Bertz CT molecular complexity index is 1740. The van der Waals surface area contributed by atoms with Crippen molar-refractivity contribution < 1.29 is 34.1 Å². The van der Waals surface area contributed by atoms with Gasteiger partial charge in [-0.15, -0.1) is 0 Å². The number of hydrogen-bond acceptors (Lipinski definition) is 9. The monoisotopic (exact) mass is 596 g/mol. The molecule has 1 fully saturated rings. The first-order valence-electron chi connectivity index (χ1n) is 13.3. The highest BCUT2D eigenvalue weighted by Gasteiger charge is 2.48. The lowest BCUT2D eigenvalue weighted by Gasteiger charge is -2.23. The maximum atomic E-state index is 13.5. The number of anilines is 1. The number of carbonyl (C=O) groups excluding carboxylic acids is 3. The standard InChI is InChI=1S/C33H28N2O7S/c1-4-16-41-32(40)30-20(3)34-33(43-30)35-27(22-8-12-24(36)13-9-22)26(29(38)31(35)39)28(37)23-10-14-25(15-11-23)42-18-21-7-5-6-19(2)17-21/h4-15,17,27,36-37H,1,16,18H2,2-3H3. The van der Waals surface area contributed by atoms with Gasteiger partial charge in [0.15, 0.2) is 5.13 Å². The first-order chi connectivity index (χ1) is 20.7. The number of aryl methyl sites for hydroxylation is 2. The summed E-state index contributed by atoms with van der Waals surface area (Å²) < 4.78 is 11.0. The van der Waals surface area contributed by atoms with Crippen molar-refractivity contribution in [3.63, 3.8) is 0 Å². The number of aliphatic hydroxyl groups is 1. The van der Waals surface area contributed by atoms with Gasteiger partial charge in [0.05, 0.1) is 17.3 Å². The second-order valence-corrected chi connectivity index (χ2v) is 10.8. The summed E-state index contributed by atoms with van der Waals surface area (Å²) in [5.74, 6) is -2.31. The van der Waals surface area contributed by atoms with E-state index in [-0.39, 0.29) is 33.7 Å². The molecule has 1 saturated heterocycles. The van der Waals surface area contributed by atoms with Crippen molar-refractivity contribution in [1.29, 1.82) is 0 Å². The summed E-state index contributed by atoms with van der Waals surface area (Å²) in [6.07, 6.45) is 1.43. The van der Waals surface area contributed by atoms with Gasteiger partial charge in [-0.3, -0.25) is 14.5 Å². The molecular formula is C33H28N2O7S. The van der Waals surface area contributed by atoms with Gasteiger partial charge in [0, 0.05) is 5.56 Å². The topological polar surface area (TPSA) is 126 Å². The Morgan fingerprint density at radius 2 is 1.79 bits per heavy atom. The predicted molar refractivity (Wildman–Crippen MR) is 162 cm³/mol. The number of aromatic hydroxyl groups is 1. The third kappa shape index (κ3) is 6.05. The van der Waals surface area contributed by atoms with Crippen molar-refractivity contribution in [2.75, 3.05) is 11.5 Å². The van der Waals surface area contributed by atoms with Crippen molar-refractivity contribution in [1.82, 2.24) is 4.98 Å². The van der Waals surface area contributed by atoms with Gasteiger partial charge >= 0.3 is 11.9 Å². The predicted octanol–water partition coefficient (Wildman–Crippen LogP) is 6.01. The molecule has 9 nitrogen and oxygen atoms in total. The molecular weight excluding hydrogens is 568 g/mol. The zero-order valence-corrected chi connectivity index (χ0v) is 24.3. The van der Waals surface area contributed by atoms with Gasteiger partial charge in [-0.25, -0.2) is 9.78 Å². The Balaban J connectivity index is 1.51. The largest absolute Gasteiger partial charge is 0.508 e. The van der Waals surface area contributed by atoms with E-state index in [1.54, 1.807) is 43.3 Å². The van der Waals surface area contributed by atoms with E-state index in [0.29, 0.717) is 29.2 Å². The molecule has 2 heterocycles. The van der Waals surface area contributed by atoms with Gasteiger partial charge in [-0.05, 0) is 61.4 Å². The van der Waals surface area contributed by atoms with Crippen LogP contribution in [-0.2, 0) is 20.9 Å². The zero-order valence-electron chi connectivity index (χ0n) is 23.4. The van der Waals surface area contributed by atoms with Gasteiger partial charge in [-0.1, -0.05) is 66.0 Å². The normalized spacial score (nSPS) is 15.9. The van der Waals surface area contributed by atoms with Crippen LogP contribution in [0.15, 0.2) is 91.0 Å². The summed E-state index contributed by atoms with van der Waals surface area (Å²) in [6.45, 7) is 7.49. The van der Waals surface area contributed by atoms with E-state index >= 15 is 0 Å². The molecule has 1 aromatic heterocycles. The van der Waals surface area contributed by atoms with Gasteiger partial charge in [0.2, 0.25) is 0 Å². The van der Waals surface area contributed by atoms with E-state index < -0.39 is 23.7 Å². The minimum atomic E-state index is -1.08. The van der Waals surface area contributed by atoms with Crippen LogP contribution in [0.25, 0.3) is 5.76 Å². The lowest BCUT2D eigenvalue weighted by Crippen LogP contribution is -2.29. The minimum Gasteiger partial charge on any atom is -0.508 e. The highest BCUT2D eigenvalue weighted by molar-refractivity contribution is 7.17. The summed E-state index contributed by atoms with van der Waals surface area (Å²) in [4.78, 5) is 45.2. The number of benzene rings is 3. The number of phenols is 1. The molecule has 0 saturated carbocycles. The Morgan fingerprint density at radius 3 is 2.47 bits per heavy atom. The maximum absolute atomic E-state index is 13.5. The van der Waals surface area contributed by atoms with Gasteiger partial charge < -0.3 is 19.7 Å². The smallest absolute Gasteiger partial charge is 0.350 e. The molecule has 1 amide bonds. The second-order valence-electron chi connectivity index (χ2n) is 9.86. The Labute approximate surface area is 252 Å². The molecule has 3 aromatic carbocycles. The van der Waals surface area contributed by atoms with Crippen molar-refractivity contribution in [2.45, 2.75) is 26.5 Å². The number of ketones is 1. The zero-order chi connectivity index (χ0) is 30.7. The van der Waals surface area contributed by atoms with Crippen LogP contribution in [0.2, 0.25) is 0 Å². The fourth-order valence-electron chi connectivity index (χ4n) is 4.71. The van der Waals surface area contributed by atoms with Crippen LogP contribution in [-0.4, -0.2) is 39.5 Å². The lowest BCUT2D eigenvalue weighted by atomic mass is 9.95. The molecule has 5 rings (SSSR count). The van der Waals surface area contributed by atoms with E-state index in [0.717, 1.165) is 27.4 Å². The molecule has 10 heteroatoms. The number of nitrogens with zero attached hydrogens (tertiary/aromatic N) is 2. The van der Waals surface area contributed by atoms with E-state index in [4.69, 9.17) is 9.47 Å². The van der Waals surface area contributed by atoms with Crippen LogP contribution < -0.4 is 9.64 Å². The summed E-state index contributed by atoms with van der Waals surface area (Å²) in [5.41, 5.74) is 3.04. The third-order valence-corrected chi connectivity index (χ3v) is 7.91. The first kappa shape index (κ1) is 29.3. The van der Waals surface area contributed by atoms with Gasteiger partial charge in [-0.2, -0.15) is 0 Å². The number of rotatable bonds is 9. The molecule has 0 bridgehead atoms. The number of ether oxygens (including phenoxy) is 2. The van der Waals surface area contributed by atoms with Crippen molar-refractivity contribution in [2.24, 2.45) is 0 Å². The van der Waals surface area contributed by atoms with Gasteiger partial charge in [0.25, 0.3) is 5.78 Å². The summed E-state index contributed by atoms with van der Waals surface area (Å²) in [5, 5.41) is 21.4. The van der Waals surface area contributed by atoms with Crippen molar-refractivity contribution in [3.8, 4) is 11.5 Å². The first-order valence-corrected chi connectivity index (χ1v) is 14.1. The summed E-state index contributed by atoms with van der Waals surface area (Å²) in [6, 6.07) is 19.3. The Kier molecular flexibility index (Phi) is 8.40. The van der Waals surface area contributed by atoms with Crippen LogP contribution in [0.4, 0.5) is 5.13 Å². The molecule has 4 aromatic rings. The molecule has 1 atom stereocenters. The van der Waals surface area contributed by atoms with Crippen LogP contribution >= 0.6 is 11.3 Å². The number of thiazole rings is 1. The molecule has 1 aliphatic heterocycles. The number of carbonyl (C=O) groups is 3. The van der Waals surface area contributed by atoms with Crippen molar-refractivity contribution >= 4 is 39.9 Å². The third-order valence-electron chi connectivity index (χ3n) is 6.78. The lowest BCUT2D eigenvalue weighted by molar-refractivity contribution is -0.132. The fraction of sp³-hybridized carbons (Fsp3) is 0.152. The minimum absolute atomic E-state index is 0.000709. The summed E-state index contributed by atoms with van der Waals surface area (Å²) in [7, 11) is 0. The van der Waals surface area contributed by atoms with E-state index in [1.807, 2.05) is 31.2 Å². The molecule has 1 unspecified atom stereocenters. The molecule has 2 N–H and O–H groups in total. The Morgan fingerprint density at radius 1 is 1.07 bits per heavy atom. The molecule has 218 valence electrons. The number of hydrogen-bond donors (Lipinski definition) is 2. The SMILES string of the molecule is C=CCOC(=O)c1sc(N2C(=O)C(=O)C(=C(O)c3ccc(OCc4cccc(C)c4)cc3)C2c2ccc(O)cc2)nc1C. The average molecular weight is 597 g/mol. The number of esters is 1. The highest BCUT2D eigenvalue weighted by atomic mass is 32.1. The molecule has 0 aliphatic carbocycles. The molecule has 0 radical (unpaired) electrons. The maximum Gasteiger partial charge on any atom is 0.350 e. The average Bonchev–Trinajstić information content (AvgIpc) is 3.51. The van der Waals surface area contributed by atoms with E-state index in [9.17, 15) is 24.6 Å². The van der Waals surface area contributed by atoms with Crippen LogP contribution in [0, 0.1) is 13.8 Å². The number of aliphatic hydroxyl groups excluding tert-OH is 1. The number of phenolic OH excluding ortho intramolecular Hbond substituents is 1. The van der Waals surface area contributed by atoms with Crippen LogP contribution in [0.5, 0.6) is 11.5 Å². The summed E-state index contributed by atoms with van der Waals surface area (Å²) >= 11 is 0.901. The van der Waals surface area contributed by atoms with E-state index in [1.165, 1.54) is 18.2 Å². The van der Waals surface area contributed by atoms with E-state index in [2.05, 4.69) is 11.6 Å². The molecule has 1 aliphatic rings. The Hall–Kier alpha value is -5.22. The fourth-order valence-corrected chi connectivity index (χ4v) is 5.70. The van der Waals surface area contributed by atoms with Crippen LogP contribution in [0.1, 0.15) is 43.7 Å². The van der Waals surface area contributed by atoms with Crippen LogP contribution in [0.3, 0.4) is 0 Å². The van der Waals surface area contributed by atoms with Gasteiger partial charge in [0.1, 0.15) is 35.3 Å². The highest BCUT2D eigenvalue weighted by Crippen LogP contribution is 2.44.